The lowest BCUT2D eigenvalue weighted by molar-refractivity contribution is -0.122. The zero-order valence-electron chi connectivity index (χ0n) is 27.9. The van der Waals surface area contributed by atoms with E-state index in [-0.39, 0.29) is 40.3 Å². The lowest BCUT2D eigenvalue weighted by Crippen LogP contribution is -2.74. The number of nitrogens with zero attached hydrogens (tertiary/aromatic N) is 7. The molecule has 1 aromatic carbocycles. The minimum atomic E-state index is -4.64. The van der Waals surface area contributed by atoms with Crippen LogP contribution in [0.25, 0.3) is 0 Å². The number of hydrogen-bond donors (Lipinski definition) is 1. The van der Waals surface area contributed by atoms with Gasteiger partial charge in [0.05, 0.1) is 56.0 Å². The van der Waals surface area contributed by atoms with Crippen LogP contribution in [0.3, 0.4) is 0 Å². The van der Waals surface area contributed by atoms with Gasteiger partial charge in [-0.25, -0.2) is 14.8 Å². The van der Waals surface area contributed by atoms with Crippen molar-refractivity contribution in [2.45, 2.75) is 17.5 Å². The van der Waals surface area contributed by atoms with Crippen LogP contribution in [0.2, 0.25) is 0 Å². The molecule has 3 amide bonds. The first kappa shape index (κ1) is 33.7. The summed E-state index contributed by atoms with van der Waals surface area (Å²) in [6.07, 6.45) is 2.72. The molecule has 0 aliphatic carbocycles. The molecule has 6 heterocycles. The fourth-order valence-electron chi connectivity index (χ4n) is 7.32. The molecule has 16 heteroatoms. The van der Waals surface area contributed by atoms with Crippen LogP contribution in [0, 0.1) is 16.7 Å². The fourth-order valence-corrected chi connectivity index (χ4v) is 8.71. The first-order valence-corrected chi connectivity index (χ1v) is 17.9. The number of carbonyl (C=O) groups is 2. The number of amides is 3. The number of anilines is 1. The molecular weight excluding hydrogens is 664 g/mol. The van der Waals surface area contributed by atoms with Gasteiger partial charge >= 0.3 is 6.03 Å². The summed E-state index contributed by atoms with van der Waals surface area (Å²) in [4.78, 5) is 44.0. The summed E-state index contributed by atoms with van der Waals surface area (Å²) in [5, 5.41) is 12.4. The largest absolute Gasteiger partial charge is 0.495 e. The number of morpholine rings is 1. The lowest BCUT2D eigenvalue weighted by atomic mass is 9.73. The van der Waals surface area contributed by atoms with E-state index in [2.05, 4.69) is 31.2 Å². The van der Waals surface area contributed by atoms with Gasteiger partial charge in [-0.15, -0.1) is 0 Å². The summed E-state index contributed by atoms with van der Waals surface area (Å²) < 4.78 is 45.6. The van der Waals surface area contributed by atoms with Crippen molar-refractivity contribution in [1.82, 2.24) is 30.0 Å². The van der Waals surface area contributed by atoms with Crippen LogP contribution in [0.5, 0.6) is 11.6 Å². The SMILES string of the molecule is CCOc1ncccc1[C@@]1(NC(=O)N2CC3(CN(CCN4CCOCC4)C3)C2)C(=O)N(S(=O)(=O)c2ccc(OC)cn2)c2ccc(C#N)cc21. The number of sulfonamides is 1. The van der Waals surface area contributed by atoms with Crippen molar-refractivity contribution in [2.24, 2.45) is 5.41 Å². The molecular formula is C34H38N8O7S. The third-order valence-electron chi connectivity index (χ3n) is 9.75. The molecule has 3 aromatic rings. The second-order valence-corrected chi connectivity index (χ2v) is 14.7. The molecule has 50 heavy (non-hydrogen) atoms. The number of carbonyl (C=O) groups excluding carboxylic acids is 2. The maximum atomic E-state index is 15.0. The Bertz CT molecular complexity index is 1930. The van der Waals surface area contributed by atoms with Crippen LogP contribution in [0.1, 0.15) is 23.6 Å². The number of aromatic nitrogens is 2. The average molecular weight is 703 g/mol. The molecule has 15 nitrogen and oxygen atoms in total. The van der Waals surface area contributed by atoms with Gasteiger partial charge in [0.2, 0.25) is 5.88 Å². The molecule has 1 spiro atoms. The Morgan fingerprint density at radius 1 is 1.04 bits per heavy atom. The zero-order chi connectivity index (χ0) is 35.1. The minimum Gasteiger partial charge on any atom is -0.495 e. The van der Waals surface area contributed by atoms with Gasteiger partial charge < -0.3 is 29.3 Å². The molecule has 0 unspecified atom stereocenters. The van der Waals surface area contributed by atoms with Crippen molar-refractivity contribution in [3.63, 3.8) is 0 Å². The first-order valence-electron chi connectivity index (χ1n) is 16.5. The Kier molecular flexibility index (Phi) is 8.85. The van der Waals surface area contributed by atoms with Gasteiger partial charge in [-0.05, 0) is 49.4 Å². The molecule has 3 fully saturated rings. The predicted molar refractivity (Wildman–Crippen MR) is 179 cm³/mol. The second kappa shape index (κ2) is 13.1. The Balaban J connectivity index is 1.21. The van der Waals surface area contributed by atoms with Gasteiger partial charge in [0.25, 0.3) is 15.9 Å². The highest BCUT2D eigenvalue weighted by molar-refractivity contribution is 7.93. The molecule has 0 saturated carbocycles. The number of nitriles is 1. The van der Waals surface area contributed by atoms with Crippen molar-refractivity contribution >= 4 is 27.6 Å². The third-order valence-corrected chi connectivity index (χ3v) is 11.4. The predicted octanol–water partition coefficient (Wildman–Crippen LogP) is 1.39. The van der Waals surface area contributed by atoms with Crippen LogP contribution in [0.15, 0.2) is 59.9 Å². The summed E-state index contributed by atoms with van der Waals surface area (Å²) in [5.74, 6) is -0.627. The molecule has 0 bridgehead atoms. The molecule has 262 valence electrons. The van der Waals surface area contributed by atoms with Gasteiger partial charge in [0.15, 0.2) is 10.6 Å². The first-order chi connectivity index (χ1) is 24.1. The molecule has 4 aliphatic heterocycles. The van der Waals surface area contributed by atoms with Crippen molar-refractivity contribution < 1.29 is 32.2 Å². The highest BCUT2D eigenvalue weighted by atomic mass is 32.2. The van der Waals surface area contributed by atoms with E-state index in [0.717, 1.165) is 52.5 Å². The van der Waals surface area contributed by atoms with E-state index in [1.54, 1.807) is 24.0 Å². The number of urea groups is 1. The van der Waals surface area contributed by atoms with Gasteiger partial charge in [0, 0.05) is 69.5 Å². The zero-order valence-corrected chi connectivity index (χ0v) is 28.7. The Morgan fingerprint density at radius 2 is 1.80 bits per heavy atom. The van der Waals surface area contributed by atoms with Crippen molar-refractivity contribution in [3.8, 4) is 17.7 Å². The van der Waals surface area contributed by atoms with E-state index in [9.17, 15) is 23.3 Å². The summed E-state index contributed by atoms with van der Waals surface area (Å²) >= 11 is 0. The quantitative estimate of drug-likeness (QED) is 0.323. The van der Waals surface area contributed by atoms with Crippen molar-refractivity contribution in [1.29, 1.82) is 5.26 Å². The Labute approximate surface area is 290 Å². The number of pyridine rings is 2. The molecule has 7 rings (SSSR count). The maximum absolute atomic E-state index is 15.0. The second-order valence-electron chi connectivity index (χ2n) is 12.9. The van der Waals surface area contributed by atoms with E-state index >= 15 is 0 Å². The Morgan fingerprint density at radius 3 is 2.48 bits per heavy atom. The monoisotopic (exact) mass is 702 g/mol. The highest BCUT2D eigenvalue weighted by Gasteiger charge is 2.61. The number of benzene rings is 1. The molecule has 1 atom stereocenters. The number of likely N-dealkylation sites (tertiary alicyclic amines) is 2. The summed E-state index contributed by atoms with van der Waals surface area (Å²) in [6.45, 7) is 9.90. The molecule has 2 aromatic heterocycles. The number of nitrogens with one attached hydrogen (secondary N) is 1. The van der Waals surface area contributed by atoms with Crippen LogP contribution in [-0.2, 0) is 25.1 Å². The van der Waals surface area contributed by atoms with Gasteiger partial charge in [-0.1, -0.05) is 0 Å². The van der Waals surface area contributed by atoms with Gasteiger partial charge in [0.1, 0.15) is 5.75 Å². The molecule has 0 radical (unpaired) electrons. The van der Waals surface area contributed by atoms with E-state index in [4.69, 9.17) is 14.2 Å². The van der Waals surface area contributed by atoms with Gasteiger partial charge in [-0.2, -0.15) is 18.0 Å². The summed E-state index contributed by atoms with van der Waals surface area (Å²) in [5.41, 5.74) is -1.81. The minimum absolute atomic E-state index is 0.0341. The van der Waals surface area contributed by atoms with E-state index < -0.39 is 32.5 Å². The van der Waals surface area contributed by atoms with E-state index in [0.29, 0.717) is 23.1 Å². The highest BCUT2D eigenvalue weighted by Crippen LogP contribution is 2.49. The average Bonchev–Trinajstić information content (AvgIpc) is 3.35. The van der Waals surface area contributed by atoms with Crippen LogP contribution in [-0.4, -0.2) is 124 Å². The third kappa shape index (κ3) is 5.69. The normalized spacial score (nSPS) is 21.6. The van der Waals surface area contributed by atoms with Gasteiger partial charge in [-0.3, -0.25) is 9.69 Å². The molecule has 4 aliphatic rings. The number of ether oxygens (including phenoxy) is 3. The number of hydrogen-bond acceptors (Lipinski definition) is 12. The number of rotatable bonds is 10. The standard InChI is InChI=1S/C34H38N8O7S/c1-3-49-30-26(5-4-10-36-30)34(38-32(44)41-22-33(23-41)20-40(21-33)12-11-39-13-15-48-16-14-39)27-17-24(18-35)6-8-28(27)42(31(34)43)50(45,46)29-9-7-25(47-2)19-37-29/h4-10,17,19H,3,11-16,20-23H2,1-2H3,(H,38,44)/t34-/m0/s1. The maximum Gasteiger partial charge on any atom is 0.318 e. The van der Waals surface area contributed by atoms with E-state index in [1.165, 1.54) is 49.8 Å². The van der Waals surface area contributed by atoms with Crippen LogP contribution in [0.4, 0.5) is 10.5 Å². The molecule has 3 saturated heterocycles. The summed E-state index contributed by atoms with van der Waals surface area (Å²) in [7, 11) is -3.22. The van der Waals surface area contributed by atoms with Crippen molar-refractivity contribution in [2.75, 3.05) is 83.6 Å². The topological polar surface area (TPSA) is 171 Å². The fraction of sp³-hybridized carbons (Fsp3) is 0.441. The van der Waals surface area contributed by atoms with Crippen LogP contribution >= 0.6 is 0 Å². The van der Waals surface area contributed by atoms with E-state index in [1.807, 2.05) is 0 Å². The number of fused-ring (bicyclic) bond motifs is 1. The smallest absolute Gasteiger partial charge is 0.318 e. The van der Waals surface area contributed by atoms with Crippen molar-refractivity contribution in [3.05, 3.63) is 71.5 Å². The Hall–Kier alpha value is -4.82. The van der Waals surface area contributed by atoms with Crippen LogP contribution < -0.4 is 19.1 Å². The lowest BCUT2D eigenvalue weighted by Gasteiger charge is -2.60. The molecule has 1 N–H and O–H groups in total. The number of methoxy groups -OCH3 is 1. The summed E-state index contributed by atoms with van der Waals surface area (Å²) in [6, 6.07) is 11.5.